The third kappa shape index (κ3) is 6.13. The first-order valence-electron chi connectivity index (χ1n) is 10.5. The fraction of sp³-hybridized carbons (Fsp3) is 0.417. The van der Waals surface area contributed by atoms with Crippen molar-refractivity contribution in [1.82, 2.24) is 5.32 Å². The average Bonchev–Trinajstić information content (AvgIpc) is 3.03. The Balaban J connectivity index is 1.67. The number of rotatable bonds is 6. The molecule has 0 radical (unpaired) electrons. The molecule has 2 aromatic carbocycles. The van der Waals surface area contributed by atoms with Crippen LogP contribution in [0.4, 0.5) is 10.5 Å². The number of ether oxygens (including phenoxy) is 3. The third-order valence-corrected chi connectivity index (χ3v) is 4.59. The van der Waals surface area contributed by atoms with Crippen LogP contribution < -0.4 is 20.1 Å². The maximum absolute atomic E-state index is 12.7. The van der Waals surface area contributed by atoms with Gasteiger partial charge in [0.1, 0.15) is 23.2 Å². The van der Waals surface area contributed by atoms with Crippen molar-refractivity contribution in [2.75, 3.05) is 11.9 Å². The molecule has 1 atom stereocenters. The van der Waals surface area contributed by atoms with Gasteiger partial charge in [-0.3, -0.25) is 10.1 Å². The predicted molar refractivity (Wildman–Crippen MR) is 119 cm³/mol. The third-order valence-electron chi connectivity index (χ3n) is 4.59. The normalized spacial score (nSPS) is 14.9. The molecule has 1 aliphatic rings. The van der Waals surface area contributed by atoms with E-state index in [4.69, 9.17) is 14.2 Å². The summed E-state index contributed by atoms with van der Waals surface area (Å²) < 4.78 is 16.9. The Kier molecular flexibility index (Phi) is 6.73. The summed E-state index contributed by atoms with van der Waals surface area (Å²) in [5, 5.41) is 5.56. The first kappa shape index (κ1) is 22.5. The van der Waals surface area contributed by atoms with Gasteiger partial charge in [-0.25, -0.2) is 4.79 Å². The molecule has 0 saturated heterocycles. The van der Waals surface area contributed by atoms with E-state index in [0.717, 1.165) is 29.0 Å². The van der Waals surface area contributed by atoms with E-state index in [0.29, 0.717) is 24.4 Å². The van der Waals surface area contributed by atoms with Gasteiger partial charge < -0.3 is 19.5 Å². The van der Waals surface area contributed by atoms with Crippen LogP contribution in [-0.4, -0.2) is 30.3 Å². The van der Waals surface area contributed by atoms with Gasteiger partial charge in [0, 0.05) is 35.3 Å². The van der Waals surface area contributed by atoms with Crippen molar-refractivity contribution in [3.8, 4) is 11.5 Å². The second-order valence-corrected chi connectivity index (χ2v) is 8.52. The van der Waals surface area contributed by atoms with E-state index in [1.54, 1.807) is 45.0 Å². The molecule has 1 heterocycles. The molecular formula is C24H30N2O5. The number of amides is 2. The Bertz CT molecular complexity index is 965. The topological polar surface area (TPSA) is 85.9 Å². The number of benzene rings is 2. The highest BCUT2D eigenvalue weighted by Gasteiger charge is 2.22. The van der Waals surface area contributed by atoms with Crippen LogP contribution in [0.5, 0.6) is 11.5 Å². The smallest absolute Gasteiger partial charge is 0.412 e. The first-order valence-corrected chi connectivity index (χ1v) is 10.5. The molecule has 0 spiro atoms. The Morgan fingerprint density at radius 2 is 1.97 bits per heavy atom. The van der Waals surface area contributed by atoms with Crippen molar-refractivity contribution < 1.29 is 23.8 Å². The van der Waals surface area contributed by atoms with Crippen LogP contribution in [0.15, 0.2) is 36.4 Å². The fourth-order valence-electron chi connectivity index (χ4n) is 3.35. The van der Waals surface area contributed by atoms with Crippen LogP contribution in [0.25, 0.3) is 0 Å². The van der Waals surface area contributed by atoms with E-state index in [9.17, 15) is 9.59 Å². The number of hydrogen-bond donors (Lipinski definition) is 2. The summed E-state index contributed by atoms with van der Waals surface area (Å²) in [5.74, 6) is 1.33. The number of fused-ring (bicyclic) bond motifs is 1. The second kappa shape index (κ2) is 9.29. The highest BCUT2D eigenvalue weighted by Crippen LogP contribution is 2.35. The van der Waals surface area contributed by atoms with Gasteiger partial charge in [-0.2, -0.15) is 0 Å². The van der Waals surface area contributed by atoms with Crippen molar-refractivity contribution in [3.05, 3.63) is 53.1 Å². The Labute approximate surface area is 183 Å². The Morgan fingerprint density at radius 3 is 2.68 bits per heavy atom. The molecule has 31 heavy (non-hydrogen) atoms. The van der Waals surface area contributed by atoms with Crippen LogP contribution in [0, 0.1) is 0 Å². The molecule has 7 heteroatoms. The molecular weight excluding hydrogens is 396 g/mol. The molecule has 1 aliphatic heterocycles. The van der Waals surface area contributed by atoms with Crippen LogP contribution in [0.1, 0.15) is 56.1 Å². The molecule has 0 bridgehead atoms. The fourth-order valence-corrected chi connectivity index (χ4v) is 3.35. The minimum absolute atomic E-state index is 0.134. The van der Waals surface area contributed by atoms with E-state index in [1.807, 2.05) is 26.0 Å². The molecule has 0 aromatic heterocycles. The lowest BCUT2D eigenvalue weighted by Crippen LogP contribution is -2.27. The summed E-state index contributed by atoms with van der Waals surface area (Å²) in [6.07, 6.45) is 0.410. The second-order valence-electron chi connectivity index (χ2n) is 8.52. The van der Waals surface area contributed by atoms with Crippen molar-refractivity contribution in [3.63, 3.8) is 0 Å². The standard InChI is InChI=1S/C24H30N2O5/c1-6-29-20-12-17-10-15(2)30-21(17)13-18(20)14-25-22(27)16-8-7-9-19(11-16)26-23(28)31-24(3,4)5/h7-9,11-13,15H,6,10,14H2,1-5H3,(H,25,27)(H,26,28)/t15-/m0/s1. The monoisotopic (exact) mass is 426 g/mol. The molecule has 0 saturated carbocycles. The number of carbonyl (C=O) groups is 2. The molecule has 7 nitrogen and oxygen atoms in total. The van der Waals surface area contributed by atoms with Crippen LogP contribution >= 0.6 is 0 Å². The van der Waals surface area contributed by atoms with E-state index < -0.39 is 11.7 Å². The maximum Gasteiger partial charge on any atom is 0.412 e. The van der Waals surface area contributed by atoms with Crippen LogP contribution in [0.3, 0.4) is 0 Å². The largest absolute Gasteiger partial charge is 0.494 e. The molecule has 3 rings (SSSR count). The van der Waals surface area contributed by atoms with Crippen molar-refractivity contribution >= 4 is 17.7 Å². The summed E-state index contributed by atoms with van der Waals surface area (Å²) in [7, 11) is 0. The number of carbonyl (C=O) groups excluding carboxylic acids is 2. The molecule has 2 amide bonds. The van der Waals surface area contributed by atoms with Gasteiger partial charge in [-0.15, -0.1) is 0 Å². The number of hydrogen-bond acceptors (Lipinski definition) is 5. The zero-order valence-electron chi connectivity index (χ0n) is 18.7. The van der Waals surface area contributed by atoms with Crippen LogP contribution in [0.2, 0.25) is 0 Å². The van der Waals surface area contributed by atoms with E-state index in [1.165, 1.54) is 0 Å². The molecule has 2 N–H and O–H groups in total. The maximum atomic E-state index is 12.7. The Hall–Kier alpha value is -3.22. The summed E-state index contributed by atoms with van der Waals surface area (Å²) in [5.41, 5.74) is 2.28. The minimum Gasteiger partial charge on any atom is -0.494 e. The zero-order chi connectivity index (χ0) is 22.6. The quantitative estimate of drug-likeness (QED) is 0.700. The molecule has 2 aromatic rings. The number of anilines is 1. The van der Waals surface area contributed by atoms with E-state index >= 15 is 0 Å². The lowest BCUT2D eigenvalue weighted by molar-refractivity contribution is 0.0635. The summed E-state index contributed by atoms with van der Waals surface area (Å²) in [4.78, 5) is 24.7. The molecule has 0 fully saturated rings. The summed E-state index contributed by atoms with van der Waals surface area (Å²) in [6.45, 7) is 10.2. The van der Waals surface area contributed by atoms with Crippen LogP contribution in [-0.2, 0) is 17.7 Å². The van der Waals surface area contributed by atoms with Crippen molar-refractivity contribution in [1.29, 1.82) is 0 Å². The van der Waals surface area contributed by atoms with Gasteiger partial charge in [0.05, 0.1) is 6.61 Å². The highest BCUT2D eigenvalue weighted by molar-refractivity contribution is 5.96. The van der Waals surface area contributed by atoms with Gasteiger partial charge in [0.2, 0.25) is 0 Å². The van der Waals surface area contributed by atoms with Gasteiger partial charge in [0.25, 0.3) is 5.91 Å². The Morgan fingerprint density at radius 1 is 1.19 bits per heavy atom. The van der Waals surface area contributed by atoms with Gasteiger partial charge >= 0.3 is 6.09 Å². The first-order chi connectivity index (χ1) is 14.6. The van der Waals surface area contributed by atoms with Gasteiger partial charge in [-0.05, 0) is 65.0 Å². The van der Waals surface area contributed by atoms with Gasteiger partial charge in [0.15, 0.2) is 0 Å². The van der Waals surface area contributed by atoms with E-state index in [2.05, 4.69) is 10.6 Å². The van der Waals surface area contributed by atoms with Crippen molar-refractivity contribution in [2.24, 2.45) is 0 Å². The molecule has 166 valence electrons. The summed E-state index contributed by atoms with van der Waals surface area (Å²) >= 11 is 0. The lowest BCUT2D eigenvalue weighted by Gasteiger charge is -2.19. The number of nitrogens with one attached hydrogen (secondary N) is 2. The SMILES string of the molecule is CCOc1cc2c(cc1CNC(=O)c1cccc(NC(=O)OC(C)(C)C)c1)O[C@@H](C)C2. The van der Waals surface area contributed by atoms with E-state index in [-0.39, 0.29) is 12.0 Å². The molecule has 0 aliphatic carbocycles. The highest BCUT2D eigenvalue weighted by atomic mass is 16.6. The zero-order valence-corrected chi connectivity index (χ0v) is 18.7. The predicted octanol–water partition coefficient (Wildman–Crippen LogP) is 4.69. The average molecular weight is 427 g/mol. The lowest BCUT2D eigenvalue weighted by atomic mass is 10.1. The van der Waals surface area contributed by atoms with Crippen molar-refractivity contribution in [2.45, 2.75) is 59.3 Å². The minimum atomic E-state index is -0.602. The molecule has 0 unspecified atom stereocenters. The summed E-state index contributed by atoms with van der Waals surface area (Å²) in [6, 6.07) is 10.6. The van der Waals surface area contributed by atoms with Gasteiger partial charge in [-0.1, -0.05) is 6.07 Å².